The van der Waals surface area contributed by atoms with E-state index in [1.807, 2.05) is 26.0 Å². The van der Waals surface area contributed by atoms with E-state index in [2.05, 4.69) is 81.5 Å². The van der Waals surface area contributed by atoms with E-state index in [-0.39, 0.29) is 29.3 Å². The number of anilines is 1. The molecule has 1 aromatic rings. The molecule has 1 N–H and O–H groups in total. The van der Waals surface area contributed by atoms with Gasteiger partial charge in [-0.25, -0.2) is 0 Å². The largest absolute Gasteiger partial charge is 0.415 e. The Morgan fingerprint density at radius 1 is 1.06 bits per heavy atom. The van der Waals surface area contributed by atoms with Crippen LogP contribution in [-0.2, 0) is 13.9 Å². The Hall–Kier alpha value is -1.44. The van der Waals surface area contributed by atoms with Crippen molar-refractivity contribution < 1.29 is 13.9 Å². The van der Waals surface area contributed by atoms with E-state index < -0.39 is 14.1 Å². The Morgan fingerprint density at radius 2 is 1.62 bits per heavy atom. The normalized spacial score (nSPS) is 27.2. The minimum atomic E-state index is -1.85. The molecule has 6 heteroatoms. The van der Waals surface area contributed by atoms with Crippen LogP contribution in [0, 0.1) is 0 Å². The van der Waals surface area contributed by atoms with Gasteiger partial charge in [-0.3, -0.25) is 0 Å². The summed E-state index contributed by atoms with van der Waals surface area (Å²) in [7, 11) is -1.85. The number of ether oxygens (including phenoxy) is 2. The lowest BCUT2D eigenvalue weighted by molar-refractivity contribution is -0.157. The summed E-state index contributed by atoms with van der Waals surface area (Å²) in [5.41, 5.74) is 2.36. The molecule has 0 spiro atoms. The summed E-state index contributed by atoms with van der Waals surface area (Å²) in [5.74, 6) is -0.588. The third-order valence-electron chi connectivity index (χ3n) is 7.03. The van der Waals surface area contributed by atoms with Crippen molar-refractivity contribution >= 4 is 14.0 Å². The average Bonchev–Trinajstić information content (AvgIpc) is 3.18. The Bertz CT molecular complexity index is 790. The predicted octanol–water partition coefficient (Wildman–Crippen LogP) is 5.42. The van der Waals surface area contributed by atoms with Crippen LogP contribution in [0.1, 0.15) is 46.2 Å². The second kappa shape index (κ2) is 9.43. The molecule has 0 radical (unpaired) electrons. The SMILES string of the molecule is C=CCN(CC=C)c1ccc([C@@H]2N[C@H](CO[Si](C)(C)C(C)(C)C)[C@H]3OC(C)(C)O[C@H]32)cc1. The molecule has 2 saturated heterocycles. The van der Waals surface area contributed by atoms with Crippen LogP contribution in [0.15, 0.2) is 49.6 Å². The van der Waals surface area contributed by atoms with Crippen LogP contribution in [0.25, 0.3) is 0 Å². The maximum absolute atomic E-state index is 6.56. The summed E-state index contributed by atoms with van der Waals surface area (Å²) >= 11 is 0. The van der Waals surface area contributed by atoms with E-state index in [0.717, 1.165) is 18.8 Å². The van der Waals surface area contributed by atoms with Crippen molar-refractivity contribution in [3.63, 3.8) is 0 Å². The molecule has 4 atom stereocenters. The van der Waals surface area contributed by atoms with Crippen LogP contribution in [0.2, 0.25) is 18.1 Å². The highest BCUT2D eigenvalue weighted by Gasteiger charge is 2.54. The van der Waals surface area contributed by atoms with E-state index in [4.69, 9.17) is 13.9 Å². The van der Waals surface area contributed by atoms with Gasteiger partial charge in [-0.1, -0.05) is 45.1 Å². The van der Waals surface area contributed by atoms with Crippen molar-refractivity contribution in [3.8, 4) is 0 Å². The van der Waals surface area contributed by atoms with E-state index in [1.54, 1.807) is 0 Å². The number of hydrogen-bond donors (Lipinski definition) is 1. The van der Waals surface area contributed by atoms with Crippen molar-refractivity contribution in [3.05, 3.63) is 55.1 Å². The Kier molecular flexibility index (Phi) is 7.42. The minimum absolute atomic E-state index is 0.0301. The van der Waals surface area contributed by atoms with Crippen LogP contribution in [0.4, 0.5) is 5.69 Å². The summed E-state index contributed by atoms with van der Waals surface area (Å²) in [6.07, 6.45) is 3.76. The van der Waals surface area contributed by atoms with Gasteiger partial charge in [0, 0.05) is 18.8 Å². The predicted molar refractivity (Wildman–Crippen MR) is 136 cm³/mol. The summed E-state index contributed by atoms with van der Waals surface area (Å²) in [5, 5.41) is 3.95. The average molecular weight is 459 g/mol. The second-order valence-corrected chi connectivity index (χ2v) is 15.8. The van der Waals surface area contributed by atoms with E-state index in [0.29, 0.717) is 6.61 Å². The van der Waals surface area contributed by atoms with Crippen LogP contribution in [0.3, 0.4) is 0 Å². The number of nitrogens with zero attached hydrogens (tertiary/aromatic N) is 1. The van der Waals surface area contributed by atoms with Gasteiger partial charge in [0.15, 0.2) is 14.1 Å². The van der Waals surface area contributed by atoms with Crippen molar-refractivity contribution in [2.75, 3.05) is 24.6 Å². The van der Waals surface area contributed by atoms with Gasteiger partial charge >= 0.3 is 0 Å². The molecule has 0 bridgehead atoms. The molecule has 0 amide bonds. The second-order valence-electron chi connectivity index (χ2n) is 11.0. The molecule has 2 heterocycles. The lowest BCUT2D eigenvalue weighted by atomic mass is 10.0. The number of hydrogen-bond acceptors (Lipinski definition) is 5. The maximum atomic E-state index is 6.56. The molecular weight excluding hydrogens is 416 g/mol. The Labute approximate surface area is 195 Å². The zero-order valence-corrected chi connectivity index (χ0v) is 22.0. The third-order valence-corrected chi connectivity index (χ3v) is 11.5. The Balaban J connectivity index is 1.78. The molecule has 1 aromatic carbocycles. The van der Waals surface area contributed by atoms with Crippen LogP contribution in [-0.4, -0.2) is 52.1 Å². The molecule has 2 aliphatic heterocycles. The molecule has 32 heavy (non-hydrogen) atoms. The molecule has 0 unspecified atom stereocenters. The van der Waals surface area contributed by atoms with Gasteiger partial charge in [0.1, 0.15) is 12.2 Å². The van der Waals surface area contributed by atoms with Gasteiger partial charge in [-0.05, 0) is 49.7 Å². The number of benzene rings is 1. The Morgan fingerprint density at radius 3 is 2.16 bits per heavy atom. The highest BCUT2D eigenvalue weighted by atomic mass is 28.4. The van der Waals surface area contributed by atoms with Crippen molar-refractivity contribution in [2.45, 2.75) is 82.8 Å². The molecule has 3 rings (SSSR count). The first kappa shape index (κ1) is 25.2. The lowest BCUT2D eigenvalue weighted by Crippen LogP contribution is -2.47. The first-order chi connectivity index (χ1) is 14.9. The summed E-state index contributed by atoms with van der Waals surface area (Å²) in [6.45, 7) is 25.4. The molecule has 0 aromatic heterocycles. The number of fused-ring (bicyclic) bond motifs is 1. The monoisotopic (exact) mass is 458 g/mol. The molecule has 2 fully saturated rings. The maximum Gasteiger partial charge on any atom is 0.192 e. The summed E-state index contributed by atoms with van der Waals surface area (Å²) in [6, 6.07) is 8.87. The van der Waals surface area contributed by atoms with Gasteiger partial charge in [0.2, 0.25) is 0 Å². The highest BCUT2D eigenvalue weighted by Crippen LogP contribution is 2.43. The van der Waals surface area contributed by atoms with E-state index >= 15 is 0 Å². The molecule has 5 nitrogen and oxygen atoms in total. The van der Waals surface area contributed by atoms with Gasteiger partial charge in [0.05, 0.1) is 18.7 Å². The first-order valence-corrected chi connectivity index (χ1v) is 14.6. The molecule has 0 saturated carbocycles. The van der Waals surface area contributed by atoms with Crippen LogP contribution >= 0.6 is 0 Å². The van der Waals surface area contributed by atoms with Crippen LogP contribution in [0.5, 0.6) is 0 Å². The van der Waals surface area contributed by atoms with E-state index in [1.165, 1.54) is 5.56 Å². The molecular formula is C26H42N2O3Si. The van der Waals surface area contributed by atoms with Gasteiger partial charge in [0.25, 0.3) is 0 Å². The lowest BCUT2D eigenvalue weighted by Gasteiger charge is -2.37. The topological polar surface area (TPSA) is 43.0 Å². The standard InChI is InChI=1S/C26H42N2O3Si/c1-10-16-28(17-11-2)20-14-12-19(13-15-20)22-24-23(30-26(6,7)31-24)21(27-22)18-29-32(8,9)25(3,4)5/h10-15,21-24,27H,1-2,16-18H2,3-9H3/t21-,22+,23-,24+/m1/s1. The summed E-state index contributed by atoms with van der Waals surface area (Å²) in [4.78, 5) is 2.24. The number of nitrogens with one attached hydrogen (secondary N) is 1. The van der Waals surface area contributed by atoms with Gasteiger partial charge in [-0.2, -0.15) is 0 Å². The van der Waals surface area contributed by atoms with Crippen molar-refractivity contribution in [2.24, 2.45) is 0 Å². The molecule has 178 valence electrons. The smallest absolute Gasteiger partial charge is 0.192 e. The minimum Gasteiger partial charge on any atom is -0.415 e. The van der Waals surface area contributed by atoms with Crippen LogP contribution < -0.4 is 10.2 Å². The fourth-order valence-corrected chi connectivity index (χ4v) is 5.27. The van der Waals surface area contributed by atoms with Crippen molar-refractivity contribution in [1.82, 2.24) is 5.32 Å². The van der Waals surface area contributed by atoms with E-state index in [9.17, 15) is 0 Å². The fourth-order valence-electron chi connectivity index (χ4n) is 4.24. The van der Waals surface area contributed by atoms with Crippen molar-refractivity contribution in [1.29, 1.82) is 0 Å². The first-order valence-electron chi connectivity index (χ1n) is 11.7. The summed E-state index contributed by atoms with van der Waals surface area (Å²) < 4.78 is 19.3. The third kappa shape index (κ3) is 5.37. The molecule has 0 aliphatic carbocycles. The number of rotatable bonds is 9. The fraction of sp³-hybridized carbons (Fsp3) is 0.615. The molecule has 2 aliphatic rings. The zero-order valence-electron chi connectivity index (χ0n) is 21.0. The van der Waals surface area contributed by atoms with Gasteiger partial charge in [-0.15, -0.1) is 13.2 Å². The zero-order chi connectivity index (χ0) is 23.7. The highest BCUT2D eigenvalue weighted by molar-refractivity contribution is 6.74. The quantitative estimate of drug-likeness (QED) is 0.395. The van der Waals surface area contributed by atoms with Gasteiger partial charge < -0.3 is 24.1 Å².